The van der Waals surface area contributed by atoms with E-state index in [2.05, 4.69) is 20.4 Å². The fourth-order valence-electron chi connectivity index (χ4n) is 2.47. The van der Waals surface area contributed by atoms with Crippen LogP contribution in [0.15, 0.2) is 17.6 Å². The highest BCUT2D eigenvalue weighted by molar-refractivity contribution is 7.13. The maximum Gasteiger partial charge on any atom is 0.418 e. The predicted molar refractivity (Wildman–Crippen MR) is 99.4 cm³/mol. The molecule has 0 radical (unpaired) electrons. The van der Waals surface area contributed by atoms with Crippen molar-refractivity contribution in [1.29, 1.82) is 0 Å². The largest absolute Gasteiger partial charge is 0.450 e. The molecule has 1 atom stereocenters. The Hall–Kier alpha value is -2.70. The average molecular weight is 429 g/mol. The summed E-state index contributed by atoms with van der Waals surface area (Å²) in [6.45, 7) is 2.91. The van der Waals surface area contributed by atoms with E-state index >= 15 is 0 Å². The number of aromatic nitrogens is 4. The van der Waals surface area contributed by atoms with Crippen molar-refractivity contribution in [2.24, 2.45) is 7.05 Å². The molecular weight excluding hydrogens is 411 g/mol. The van der Waals surface area contributed by atoms with Crippen LogP contribution in [-0.2, 0) is 13.2 Å². The van der Waals surface area contributed by atoms with E-state index in [0.29, 0.717) is 23.3 Å². The monoisotopic (exact) mass is 429 g/mol. The van der Waals surface area contributed by atoms with Gasteiger partial charge < -0.3 is 20.3 Å². The van der Waals surface area contributed by atoms with E-state index in [0.717, 1.165) is 17.4 Å². The quantitative estimate of drug-likeness (QED) is 0.551. The molecule has 8 nitrogen and oxygen atoms in total. The average Bonchev–Trinajstić information content (AvgIpc) is 3.21. The van der Waals surface area contributed by atoms with Gasteiger partial charge in [0.1, 0.15) is 11.8 Å². The standard InChI is InChI=1S/C17H18F3N5O3S/c1-8-14(9(2)25(3)24-8)28-13-4-10(17(18,19)20)5-21-15(13)23-16-22-11(7-29-16)12(27)6-26/h4-5,7,12,26-27H,6H2,1-3H3,(H,21,22,23). The summed E-state index contributed by atoms with van der Waals surface area (Å²) in [6.07, 6.45) is -5.06. The van der Waals surface area contributed by atoms with Gasteiger partial charge in [-0.05, 0) is 19.9 Å². The van der Waals surface area contributed by atoms with Crippen molar-refractivity contribution in [1.82, 2.24) is 19.7 Å². The third kappa shape index (κ3) is 4.49. The van der Waals surface area contributed by atoms with Crippen LogP contribution >= 0.6 is 11.3 Å². The number of hydrogen-bond donors (Lipinski definition) is 3. The highest BCUT2D eigenvalue weighted by Gasteiger charge is 2.32. The van der Waals surface area contributed by atoms with Crippen molar-refractivity contribution in [3.8, 4) is 11.5 Å². The SMILES string of the molecule is Cc1nn(C)c(C)c1Oc1cc(C(F)(F)F)cnc1Nc1nc(C(O)CO)cs1. The van der Waals surface area contributed by atoms with E-state index < -0.39 is 24.5 Å². The molecule has 0 aliphatic carbocycles. The molecule has 3 heterocycles. The molecule has 0 amide bonds. The topological polar surface area (TPSA) is 105 Å². The molecule has 3 aromatic rings. The molecule has 0 spiro atoms. The first kappa shape index (κ1) is 21.0. The molecule has 3 aromatic heterocycles. The molecule has 1 unspecified atom stereocenters. The number of aliphatic hydroxyl groups is 2. The number of halogens is 3. The Bertz CT molecular complexity index is 1020. The lowest BCUT2D eigenvalue weighted by molar-refractivity contribution is -0.137. The van der Waals surface area contributed by atoms with Gasteiger partial charge in [-0.2, -0.15) is 18.3 Å². The third-order valence-corrected chi connectivity index (χ3v) is 4.87. The number of hydrogen-bond acceptors (Lipinski definition) is 8. The second-order valence-electron chi connectivity index (χ2n) is 6.20. The van der Waals surface area contributed by atoms with Gasteiger partial charge >= 0.3 is 6.18 Å². The molecule has 0 saturated carbocycles. The van der Waals surface area contributed by atoms with Gasteiger partial charge in [-0.25, -0.2) is 9.97 Å². The molecule has 3 N–H and O–H groups in total. The van der Waals surface area contributed by atoms with Crippen molar-refractivity contribution in [3.63, 3.8) is 0 Å². The highest BCUT2D eigenvalue weighted by Crippen LogP contribution is 2.38. The minimum absolute atomic E-state index is 0.0139. The van der Waals surface area contributed by atoms with E-state index in [1.807, 2.05) is 0 Å². The van der Waals surface area contributed by atoms with Gasteiger partial charge in [0.25, 0.3) is 0 Å². The molecule has 0 aromatic carbocycles. The van der Waals surface area contributed by atoms with E-state index in [-0.39, 0.29) is 22.4 Å². The number of thiazole rings is 1. The maximum absolute atomic E-state index is 13.2. The van der Waals surface area contributed by atoms with Crippen LogP contribution in [0.4, 0.5) is 24.1 Å². The van der Waals surface area contributed by atoms with Gasteiger partial charge in [-0.1, -0.05) is 0 Å². The number of rotatable bonds is 6. The van der Waals surface area contributed by atoms with Crippen LogP contribution in [-0.4, -0.2) is 36.6 Å². The molecule has 0 fully saturated rings. The molecule has 0 aliphatic heterocycles. The fraction of sp³-hybridized carbons (Fsp3) is 0.353. The first-order chi connectivity index (χ1) is 13.6. The number of nitrogens with zero attached hydrogens (tertiary/aromatic N) is 4. The summed E-state index contributed by atoms with van der Waals surface area (Å²) in [5, 5.41) is 27.4. The molecule has 3 rings (SSSR count). The second kappa shape index (κ2) is 7.97. The number of pyridine rings is 1. The third-order valence-electron chi connectivity index (χ3n) is 4.10. The van der Waals surface area contributed by atoms with E-state index in [9.17, 15) is 18.3 Å². The van der Waals surface area contributed by atoms with Gasteiger partial charge in [0.15, 0.2) is 22.4 Å². The van der Waals surface area contributed by atoms with Crippen molar-refractivity contribution < 1.29 is 28.1 Å². The molecular formula is C17H18F3N5O3S. The summed E-state index contributed by atoms with van der Waals surface area (Å²) in [4.78, 5) is 7.95. The zero-order chi connectivity index (χ0) is 21.3. The van der Waals surface area contributed by atoms with Crippen LogP contribution in [0.2, 0.25) is 0 Å². The normalized spacial score (nSPS) is 12.8. The minimum atomic E-state index is -4.59. The summed E-state index contributed by atoms with van der Waals surface area (Å²) < 4.78 is 46.8. The Labute approximate surface area is 167 Å². The summed E-state index contributed by atoms with van der Waals surface area (Å²) in [6, 6.07) is 0.846. The minimum Gasteiger partial charge on any atom is -0.450 e. The van der Waals surface area contributed by atoms with Crippen LogP contribution in [0.25, 0.3) is 0 Å². The molecule has 0 aliphatic rings. The fourth-order valence-corrected chi connectivity index (χ4v) is 3.23. The molecule has 156 valence electrons. The van der Waals surface area contributed by atoms with Crippen LogP contribution in [0, 0.1) is 13.8 Å². The van der Waals surface area contributed by atoms with E-state index in [1.165, 1.54) is 5.38 Å². The first-order valence-corrected chi connectivity index (χ1v) is 9.24. The van der Waals surface area contributed by atoms with Gasteiger partial charge in [0, 0.05) is 18.6 Å². The Morgan fingerprint density at radius 2 is 2.07 bits per heavy atom. The van der Waals surface area contributed by atoms with Crippen molar-refractivity contribution in [2.45, 2.75) is 26.1 Å². The van der Waals surface area contributed by atoms with Gasteiger partial charge in [0.2, 0.25) is 0 Å². The number of anilines is 2. The number of aliphatic hydroxyl groups excluding tert-OH is 2. The smallest absolute Gasteiger partial charge is 0.418 e. The first-order valence-electron chi connectivity index (χ1n) is 8.36. The molecule has 12 heteroatoms. The zero-order valence-corrected chi connectivity index (χ0v) is 16.5. The zero-order valence-electron chi connectivity index (χ0n) is 15.7. The maximum atomic E-state index is 13.2. The van der Waals surface area contributed by atoms with Gasteiger partial charge in [-0.3, -0.25) is 4.68 Å². The number of nitrogens with one attached hydrogen (secondary N) is 1. The van der Waals surface area contributed by atoms with E-state index in [1.54, 1.807) is 25.6 Å². The van der Waals surface area contributed by atoms with Gasteiger partial charge in [-0.15, -0.1) is 11.3 Å². The Morgan fingerprint density at radius 3 is 2.66 bits per heavy atom. The van der Waals surface area contributed by atoms with E-state index in [4.69, 9.17) is 9.84 Å². The lowest BCUT2D eigenvalue weighted by atomic mass is 10.2. The van der Waals surface area contributed by atoms with Crippen LogP contribution in [0.1, 0.15) is 28.7 Å². The van der Waals surface area contributed by atoms with Crippen molar-refractivity contribution in [3.05, 3.63) is 40.3 Å². The summed E-state index contributed by atoms with van der Waals surface area (Å²) in [5.74, 6) is 0.186. The van der Waals surface area contributed by atoms with Crippen molar-refractivity contribution >= 4 is 22.3 Å². The summed E-state index contributed by atoms with van der Waals surface area (Å²) in [7, 11) is 1.70. The molecule has 0 saturated heterocycles. The van der Waals surface area contributed by atoms with Crippen LogP contribution in [0.3, 0.4) is 0 Å². The predicted octanol–water partition coefficient (Wildman–Crippen LogP) is 3.47. The van der Waals surface area contributed by atoms with Gasteiger partial charge in [0.05, 0.1) is 23.6 Å². The Balaban J connectivity index is 1.98. The molecule has 0 bridgehead atoms. The number of aryl methyl sites for hydroxylation is 2. The lowest BCUT2D eigenvalue weighted by Crippen LogP contribution is -2.08. The summed E-state index contributed by atoms with van der Waals surface area (Å²) in [5.41, 5.74) is 0.408. The second-order valence-corrected chi connectivity index (χ2v) is 7.05. The van der Waals surface area contributed by atoms with Crippen molar-refractivity contribution in [2.75, 3.05) is 11.9 Å². The highest BCUT2D eigenvalue weighted by atomic mass is 32.1. The van der Waals surface area contributed by atoms with Crippen LogP contribution < -0.4 is 10.1 Å². The van der Waals surface area contributed by atoms with Crippen LogP contribution in [0.5, 0.6) is 11.5 Å². The Morgan fingerprint density at radius 1 is 1.34 bits per heavy atom. The number of ether oxygens (including phenoxy) is 1. The number of alkyl halides is 3. The lowest BCUT2D eigenvalue weighted by Gasteiger charge is -2.14. The Kier molecular flexibility index (Phi) is 5.78. The summed E-state index contributed by atoms with van der Waals surface area (Å²) >= 11 is 1.10. The molecule has 29 heavy (non-hydrogen) atoms.